The molecule has 0 rings (SSSR count). The fourth-order valence-corrected chi connectivity index (χ4v) is 2.38. The van der Waals surface area contributed by atoms with Crippen molar-refractivity contribution in [1.29, 1.82) is 0 Å². The SMILES string of the molecule is CPCCNC(=O)[C@H](CCCCN(C)C)NC(C)(C)C. The molecule has 0 heterocycles. The highest BCUT2D eigenvalue weighted by Gasteiger charge is 2.22. The summed E-state index contributed by atoms with van der Waals surface area (Å²) in [7, 11) is 5.07. The molecule has 5 heteroatoms. The number of hydrogen-bond acceptors (Lipinski definition) is 3. The van der Waals surface area contributed by atoms with Gasteiger partial charge in [-0.15, -0.1) is 8.58 Å². The maximum absolute atomic E-state index is 12.2. The minimum Gasteiger partial charge on any atom is -0.354 e. The van der Waals surface area contributed by atoms with Crippen molar-refractivity contribution in [3.63, 3.8) is 0 Å². The second-order valence-electron chi connectivity index (χ2n) is 6.64. The van der Waals surface area contributed by atoms with Gasteiger partial charge in [0, 0.05) is 12.1 Å². The highest BCUT2D eigenvalue weighted by molar-refractivity contribution is 7.37. The first kappa shape index (κ1) is 19.8. The summed E-state index contributed by atoms with van der Waals surface area (Å²) in [5.41, 5.74) is -0.0317. The molecule has 120 valence electrons. The maximum Gasteiger partial charge on any atom is 0.237 e. The Morgan fingerprint density at radius 3 is 2.40 bits per heavy atom. The van der Waals surface area contributed by atoms with Gasteiger partial charge in [0.1, 0.15) is 0 Å². The Morgan fingerprint density at radius 2 is 1.90 bits per heavy atom. The molecule has 2 atom stereocenters. The number of nitrogens with zero attached hydrogens (tertiary/aromatic N) is 1. The molecule has 0 bridgehead atoms. The summed E-state index contributed by atoms with van der Waals surface area (Å²) in [6.07, 6.45) is 4.20. The van der Waals surface area contributed by atoms with Crippen molar-refractivity contribution in [3.05, 3.63) is 0 Å². The lowest BCUT2D eigenvalue weighted by Gasteiger charge is -2.28. The van der Waals surface area contributed by atoms with E-state index < -0.39 is 0 Å². The number of hydrogen-bond donors (Lipinski definition) is 2. The quantitative estimate of drug-likeness (QED) is 0.478. The van der Waals surface area contributed by atoms with E-state index in [2.05, 4.69) is 57.1 Å². The summed E-state index contributed by atoms with van der Waals surface area (Å²) in [6, 6.07) is -0.0719. The Bertz CT molecular complexity index is 264. The van der Waals surface area contributed by atoms with Crippen LogP contribution in [-0.4, -0.2) is 62.4 Å². The molecule has 1 unspecified atom stereocenters. The van der Waals surface area contributed by atoms with Crippen LogP contribution in [0.2, 0.25) is 0 Å². The molecule has 0 aromatic heterocycles. The highest BCUT2D eigenvalue weighted by Crippen LogP contribution is 2.08. The zero-order valence-electron chi connectivity index (χ0n) is 14.2. The van der Waals surface area contributed by atoms with Crippen LogP contribution in [0.1, 0.15) is 40.0 Å². The smallest absolute Gasteiger partial charge is 0.237 e. The van der Waals surface area contributed by atoms with Crippen molar-refractivity contribution in [2.45, 2.75) is 51.6 Å². The molecule has 0 fully saturated rings. The fourth-order valence-electron chi connectivity index (χ4n) is 2.00. The van der Waals surface area contributed by atoms with E-state index in [0.29, 0.717) is 0 Å². The van der Waals surface area contributed by atoms with Gasteiger partial charge in [-0.2, -0.15) is 0 Å². The molecule has 2 N–H and O–H groups in total. The van der Waals surface area contributed by atoms with Crippen LogP contribution in [0.5, 0.6) is 0 Å². The van der Waals surface area contributed by atoms with Gasteiger partial charge in [-0.3, -0.25) is 4.79 Å². The number of unbranched alkanes of at least 4 members (excludes halogenated alkanes) is 1. The zero-order valence-corrected chi connectivity index (χ0v) is 15.2. The first-order chi connectivity index (χ1) is 9.26. The third-order valence-corrected chi connectivity index (χ3v) is 3.70. The predicted octanol–water partition coefficient (Wildman–Crippen LogP) is 1.90. The van der Waals surface area contributed by atoms with E-state index in [1.807, 2.05) is 0 Å². The monoisotopic (exact) mass is 303 g/mol. The molecule has 1 amide bonds. The highest BCUT2D eigenvalue weighted by atomic mass is 31.1. The van der Waals surface area contributed by atoms with Gasteiger partial charge in [-0.1, -0.05) is 6.42 Å². The Kier molecular flexibility index (Phi) is 10.4. The van der Waals surface area contributed by atoms with Gasteiger partial charge in [0.2, 0.25) is 5.91 Å². The first-order valence-electron chi connectivity index (χ1n) is 7.61. The van der Waals surface area contributed by atoms with Crippen molar-refractivity contribution in [3.8, 4) is 0 Å². The van der Waals surface area contributed by atoms with Gasteiger partial charge in [0.25, 0.3) is 0 Å². The summed E-state index contributed by atoms with van der Waals surface area (Å²) in [4.78, 5) is 14.4. The van der Waals surface area contributed by atoms with Gasteiger partial charge in [-0.05, 0) is 67.1 Å². The topological polar surface area (TPSA) is 44.4 Å². The number of carbonyl (C=O) groups excluding carboxylic acids is 1. The Labute approximate surface area is 127 Å². The van der Waals surface area contributed by atoms with Crippen LogP contribution in [-0.2, 0) is 4.79 Å². The third kappa shape index (κ3) is 11.6. The van der Waals surface area contributed by atoms with Crippen LogP contribution in [0.3, 0.4) is 0 Å². The average Bonchev–Trinajstić information content (AvgIpc) is 2.31. The number of nitrogens with one attached hydrogen (secondary N) is 2. The van der Waals surface area contributed by atoms with E-state index in [9.17, 15) is 4.79 Å². The molecule has 0 aromatic rings. The molecule has 0 saturated heterocycles. The normalized spacial score (nSPS) is 14.2. The van der Waals surface area contributed by atoms with E-state index in [4.69, 9.17) is 0 Å². The molecule has 0 spiro atoms. The van der Waals surface area contributed by atoms with E-state index in [-0.39, 0.29) is 17.5 Å². The van der Waals surface area contributed by atoms with Crippen LogP contribution < -0.4 is 10.6 Å². The Balaban J connectivity index is 4.22. The van der Waals surface area contributed by atoms with E-state index in [1.165, 1.54) is 0 Å². The minimum atomic E-state index is -0.0719. The third-order valence-electron chi connectivity index (χ3n) is 2.95. The zero-order chi connectivity index (χ0) is 15.6. The van der Waals surface area contributed by atoms with Gasteiger partial charge >= 0.3 is 0 Å². The lowest BCUT2D eigenvalue weighted by Crippen LogP contribution is -2.51. The Morgan fingerprint density at radius 1 is 1.25 bits per heavy atom. The minimum absolute atomic E-state index is 0.0317. The van der Waals surface area contributed by atoms with E-state index in [1.54, 1.807) is 0 Å². The van der Waals surface area contributed by atoms with Gasteiger partial charge < -0.3 is 15.5 Å². The number of carbonyl (C=O) groups is 1. The first-order valence-corrected chi connectivity index (χ1v) is 9.31. The van der Waals surface area contributed by atoms with Crippen LogP contribution >= 0.6 is 8.58 Å². The molecule has 20 heavy (non-hydrogen) atoms. The second-order valence-corrected chi connectivity index (χ2v) is 7.85. The van der Waals surface area contributed by atoms with Crippen molar-refractivity contribution >= 4 is 14.5 Å². The van der Waals surface area contributed by atoms with Crippen LogP contribution in [0.15, 0.2) is 0 Å². The maximum atomic E-state index is 12.2. The molecular weight excluding hydrogens is 269 g/mol. The molecule has 0 radical (unpaired) electrons. The second kappa shape index (κ2) is 10.5. The van der Waals surface area contributed by atoms with Crippen molar-refractivity contribution in [2.24, 2.45) is 0 Å². The molecule has 0 aliphatic rings. The molecule has 0 saturated carbocycles. The summed E-state index contributed by atoms with van der Waals surface area (Å²) in [6.45, 7) is 10.4. The molecule has 0 aliphatic carbocycles. The standard InChI is InChI=1S/C15H34N3OP/c1-15(2,3)17-13(9-7-8-11-18(4)5)14(19)16-10-12-20-6/h13,17,20H,7-12H2,1-6H3,(H,16,19)/t13-/m0/s1. The van der Waals surface area contributed by atoms with Gasteiger partial charge in [0.05, 0.1) is 6.04 Å². The average molecular weight is 303 g/mol. The van der Waals surface area contributed by atoms with Crippen LogP contribution in [0.25, 0.3) is 0 Å². The van der Waals surface area contributed by atoms with Gasteiger partial charge in [0.15, 0.2) is 0 Å². The van der Waals surface area contributed by atoms with Crippen LogP contribution in [0, 0.1) is 0 Å². The largest absolute Gasteiger partial charge is 0.354 e. The van der Waals surface area contributed by atoms with E-state index in [0.717, 1.165) is 47.1 Å². The number of amides is 1. The molecule has 0 aromatic carbocycles. The molecular formula is C15H34N3OP. The summed E-state index contributed by atoms with van der Waals surface area (Å²) in [5.74, 6) is 0.156. The molecule has 0 aliphatic heterocycles. The van der Waals surface area contributed by atoms with Crippen molar-refractivity contribution in [1.82, 2.24) is 15.5 Å². The summed E-state index contributed by atoms with van der Waals surface area (Å²) in [5, 5.41) is 6.50. The van der Waals surface area contributed by atoms with Crippen LogP contribution in [0.4, 0.5) is 0 Å². The van der Waals surface area contributed by atoms with Crippen molar-refractivity contribution < 1.29 is 4.79 Å². The fraction of sp³-hybridized carbons (Fsp3) is 0.933. The van der Waals surface area contributed by atoms with Crippen molar-refractivity contribution in [2.75, 3.05) is 40.0 Å². The summed E-state index contributed by atoms with van der Waals surface area (Å²) >= 11 is 0. The summed E-state index contributed by atoms with van der Waals surface area (Å²) < 4.78 is 0. The van der Waals surface area contributed by atoms with Gasteiger partial charge in [-0.25, -0.2) is 0 Å². The predicted molar refractivity (Wildman–Crippen MR) is 91.2 cm³/mol. The molecule has 4 nitrogen and oxygen atoms in total. The lowest BCUT2D eigenvalue weighted by molar-refractivity contribution is -0.123. The lowest BCUT2D eigenvalue weighted by atomic mass is 10.0. The number of rotatable bonds is 10. The Hall–Kier alpha value is -0.180. The van der Waals surface area contributed by atoms with E-state index >= 15 is 0 Å².